The summed E-state index contributed by atoms with van der Waals surface area (Å²) in [7, 11) is 1.53. The molecule has 142 valence electrons. The first-order valence-electron chi connectivity index (χ1n) is 8.40. The van der Waals surface area contributed by atoms with Crippen LogP contribution in [0.3, 0.4) is 0 Å². The Hall–Kier alpha value is -2.61. The van der Waals surface area contributed by atoms with Gasteiger partial charge in [0.15, 0.2) is 6.61 Å². The summed E-state index contributed by atoms with van der Waals surface area (Å²) >= 11 is 0. The molecule has 1 saturated heterocycles. The number of methoxy groups -OCH3 is 1. The third-order valence-electron chi connectivity index (χ3n) is 3.87. The Morgan fingerprint density at radius 2 is 1.77 bits per heavy atom. The zero-order chi connectivity index (χ0) is 19.1. The quantitative estimate of drug-likeness (QED) is 0.743. The van der Waals surface area contributed by atoms with Crippen LogP contribution in [0.4, 0.5) is 0 Å². The fourth-order valence-electron chi connectivity index (χ4n) is 2.66. The Morgan fingerprint density at radius 1 is 1.15 bits per heavy atom. The van der Waals surface area contributed by atoms with Crippen molar-refractivity contribution >= 4 is 17.8 Å². The molecular weight excluding hydrogens is 340 g/mol. The number of amides is 2. The number of rotatable bonds is 6. The first-order valence-corrected chi connectivity index (χ1v) is 8.40. The first-order chi connectivity index (χ1) is 12.4. The van der Waals surface area contributed by atoms with E-state index in [-0.39, 0.29) is 31.3 Å². The van der Waals surface area contributed by atoms with Gasteiger partial charge in [-0.15, -0.1) is 0 Å². The van der Waals surface area contributed by atoms with Gasteiger partial charge in [0.25, 0.3) is 11.8 Å². The molecule has 0 aromatic heterocycles. The van der Waals surface area contributed by atoms with Crippen LogP contribution in [0, 0.1) is 0 Å². The van der Waals surface area contributed by atoms with Crippen LogP contribution in [-0.2, 0) is 19.1 Å². The van der Waals surface area contributed by atoms with Crippen molar-refractivity contribution in [2.75, 3.05) is 33.4 Å². The number of ether oxygens (including phenoxy) is 3. The van der Waals surface area contributed by atoms with Crippen LogP contribution < -0.4 is 10.1 Å². The molecule has 8 nitrogen and oxygen atoms in total. The van der Waals surface area contributed by atoms with Gasteiger partial charge in [0.1, 0.15) is 12.3 Å². The lowest BCUT2D eigenvalue weighted by Gasteiger charge is -2.35. The van der Waals surface area contributed by atoms with Crippen LogP contribution in [-0.4, -0.2) is 68.2 Å². The summed E-state index contributed by atoms with van der Waals surface area (Å²) in [6.07, 6.45) is -0.107. The highest BCUT2D eigenvalue weighted by Crippen LogP contribution is 2.11. The summed E-state index contributed by atoms with van der Waals surface area (Å²) in [5, 5.41) is 2.45. The zero-order valence-corrected chi connectivity index (χ0v) is 15.2. The molecule has 0 aliphatic carbocycles. The number of hydrogen-bond acceptors (Lipinski definition) is 6. The molecule has 1 aliphatic heterocycles. The van der Waals surface area contributed by atoms with E-state index in [1.54, 1.807) is 29.2 Å². The maximum absolute atomic E-state index is 12.1. The minimum absolute atomic E-state index is 0.0535. The van der Waals surface area contributed by atoms with Crippen LogP contribution >= 0.6 is 0 Å². The second kappa shape index (κ2) is 9.19. The number of nitrogens with zero attached hydrogens (tertiary/aromatic N) is 1. The molecule has 1 aliphatic rings. The topological polar surface area (TPSA) is 94.2 Å². The van der Waals surface area contributed by atoms with Gasteiger partial charge in [0, 0.05) is 18.7 Å². The Labute approximate surface area is 152 Å². The third-order valence-corrected chi connectivity index (χ3v) is 3.87. The predicted molar refractivity (Wildman–Crippen MR) is 92.9 cm³/mol. The third kappa shape index (κ3) is 5.73. The normalized spacial score (nSPS) is 19.6. The number of morpholine rings is 1. The molecule has 0 unspecified atom stereocenters. The molecule has 8 heteroatoms. The van der Waals surface area contributed by atoms with Crippen molar-refractivity contribution in [1.29, 1.82) is 0 Å². The van der Waals surface area contributed by atoms with Crippen LogP contribution in [0.5, 0.6) is 5.75 Å². The van der Waals surface area contributed by atoms with Crippen molar-refractivity contribution in [1.82, 2.24) is 10.2 Å². The average molecular weight is 364 g/mol. The Kier molecular flexibility index (Phi) is 6.97. The minimum Gasteiger partial charge on any atom is -0.497 e. The van der Waals surface area contributed by atoms with E-state index in [1.165, 1.54) is 7.11 Å². The smallest absolute Gasteiger partial charge is 0.325 e. The van der Waals surface area contributed by atoms with Crippen LogP contribution in [0.15, 0.2) is 24.3 Å². The highest BCUT2D eigenvalue weighted by atomic mass is 16.5. The summed E-state index contributed by atoms with van der Waals surface area (Å²) in [4.78, 5) is 37.4. The summed E-state index contributed by atoms with van der Waals surface area (Å²) in [5.41, 5.74) is 0.394. The molecule has 0 radical (unpaired) electrons. The molecule has 2 rings (SSSR count). The minimum atomic E-state index is -0.672. The van der Waals surface area contributed by atoms with Crippen molar-refractivity contribution in [3.8, 4) is 5.75 Å². The number of carbonyl (C=O) groups excluding carboxylic acids is 3. The summed E-state index contributed by atoms with van der Waals surface area (Å²) in [6, 6.07) is 6.47. The lowest BCUT2D eigenvalue weighted by molar-refractivity contribution is -0.156. The van der Waals surface area contributed by atoms with E-state index in [0.29, 0.717) is 24.4 Å². The Bertz CT molecular complexity index is 636. The van der Waals surface area contributed by atoms with E-state index in [0.717, 1.165) is 0 Å². The highest BCUT2D eigenvalue weighted by molar-refractivity contribution is 5.96. The van der Waals surface area contributed by atoms with E-state index >= 15 is 0 Å². The second-order valence-corrected chi connectivity index (χ2v) is 6.13. The molecule has 1 aromatic rings. The fraction of sp³-hybridized carbons (Fsp3) is 0.500. The number of hydrogen-bond donors (Lipinski definition) is 1. The SMILES string of the molecule is COc1ccc(C(=O)NCC(=O)OCC(=O)N2C[C@@H](C)O[C@H](C)C2)cc1. The van der Waals surface area contributed by atoms with Gasteiger partial charge in [-0.2, -0.15) is 0 Å². The van der Waals surface area contributed by atoms with Crippen LogP contribution in [0.25, 0.3) is 0 Å². The monoisotopic (exact) mass is 364 g/mol. The van der Waals surface area contributed by atoms with Crippen LogP contribution in [0.1, 0.15) is 24.2 Å². The van der Waals surface area contributed by atoms with E-state index in [2.05, 4.69) is 5.32 Å². The standard InChI is InChI=1S/C18H24N2O6/c1-12-9-20(10-13(2)26-12)16(21)11-25-17(22)8-19-18(23)14-4-6-15(24-3)7-5-14/h4-7,12-13H,8-11H2,1-3H3,(H,19,23)/t12-,13-/m1/s1. The molecular formula is C18H24N2O6. The van der Waals surface area contributed by atoms with Crippen molar-refractivity contribution in [3.05, 3.63) is 29.8 Å². The second-order valence-electron chi connectivity index (χ2n) is 6.13. The van der Waals surface area contributed by atoms with Gasteiger partial charge in [0.05, 0.1) is 19.3 Å². The molecule has 1 fully saturated rings. The van der Waals surface area contributed by atoms with Gasteiger partial charge < -0.3 is 24.4 Å². The summed E-state index contributed by atoms with van der Waals surface area (Å²) < 4.78 is 15.5. The fourth-order valence-corrected chi connectivity index (χ4v) is 2.66. The molecule has 26 heavy (non-hydrogen) atoms. The molecule has 0 spiro atoms. The van der Waals surface area contributed by atoms with Crippen molar-refractivity contribution < 1.29 is 28.6 Å². The maximum Gasteiger partial charge on any atom is 0.325 e. The molecule has 1 aromatic carbocycles. The molecule has 2 amide bonds. The molecule has 0 bridgehead atoms. The molecule has 1 N–H and O–H groups in total. The number of benzene rings is 1. The van der Waals surface area contributed by atoms with Gasteiger partial charge in [-0.3, -0.25) is 14.4 Å². The lowest BCUT2D eigenvalue weighted by Crippen LogP contribution is -2.49. The zero-order valence-electron chi connectivity index (χ0n) is 15.2. The molecule has 1 heterocycles. The van der Waals surface area contributed by atoms with E-state index < -0.39 is 11.9 Å². The maximum atomic E-state index is 12.1. The number of nitrogens with one attached hydrogen (secondary N) is 1. The Morgan fingerprint density at radius 3 is 2.35 bits per heavy atom. The summed E-state index contributed by atoms with van der Waals surface area (Å²) in [5.74, 6) is -0.727. The van der Waals surface area contributed by atoms with Gasteiger partial charge >= 0.3 is 5.97 Å². The summed E-state index contributed by atoms with van der Waals surface area (Å²) in [6.45, 7) is 4.04. The molecule has 2 atom stereocenters. The largest absolute Gasteiger partial charge is 0.497 e. The van der Waals surface area contributed by atoms with Gasteiger partial charge in [-0.25, -0.2) is 0 Å². The van der Waals surface area contributed by atoms with Crippen molar-refractivity contribution in [2.24, 2.45) is 0 Å². The lowest BCUT2D eigenvalue weighted by atomic mass is 10.2. The van der Waals surface area contributed by atoms with Gasteiger partial charge in [-0.1, -0.05) is 0 Å². The average Bonchev–Trinajstić information content (AvgIpc) is 2.63. The number of carbonyl (C=O) groups is 3. The highest BCUT2D eigenvalue weighted by Gasteiger charge is 2.26. The van der Waals surface area contributed by atoms with Gasteiger partial charge in [0.2, 0.25) is 0 Å². The van der Waals surface area contributed by atoms with E-state index in [9.17, 15) is 14.4 Å². The molecule has 0 saturated carbocycles. The van der Waals surface area contributed by atoms with E-state index in [4.69, 9.17) is 14.2 Å². The van der Waals surface area contributed by atoms with E-state index in [1.807, 2.05) is 13.8 Å². The van der Waals surface area contributed by atoms with Crippen molar-refractivity contribution in [2.45, 2.75) is 26.1 Å². The van der Waals surface area contributed by atoms with Crippen molar-refractivity contribution in [3.63, 3.8) is 0 Å². The first kappa shape index (κ1) is 19.7. The predicted octanol–water partition coefficient (Wildman–Crippen LogP) is 0.604. The van der Waals surface area contributed by atoms with Gasteiger partial charge in [-0.05, 0) is 38.1 Å². The number of esters is 1. The van der Waals surface area contributed by atoms with Crippen LogP contribution in [0.2, 0.25) is 0 Å². The Balaban J connectivity index is 1.72.